The van der Waals surface area contributed by atoms with Crippen molar-refractivity contribution in [3.05, 3.63) is 35.9 Å². The van der Waals surface area contributed by atoms with Gasteiger partial charge in [-0.3, -0.25) is 4.90 Å². The van der Waals surface area contributed by atoms with Gasteiger partial charge < -0.3 is 34.5 Å². The number of nitrogens with two attached hydrogens (primary N) is 1. The highest BCUT2D eigenvalue weighted by atomic mass is 28.4. The van der Waals surface area contributed by atoms with Crippen molar-refractivity contribution in [2.24, 2.45) is 5.73 Å². The third kappa shape index (κ3) is 12.6. The average molecular weight is 568 g/mol. The fourth-order valence-electron chi connectivity index (χ4n) is 4.96. The zero-order valence-electron chi connectivity index (χ0n) is 25.2. The van der Waals surface area contributed by atoms with E-state index < -0.39 is 8.80 Å². The second-order valence-corrected chi connectivity index (χ2v) is 14.3. The van der Waals surface area contributed by atoms with E-state index in [0.717, 1.165) is 45.3 Å². The molecule has 38 heavy (non-hydrogen) atoms. The molecule has 0 aliphatic heterocycles. The Kier molecular flexibility index (Phi) is 19.5. The zero-order chi connectivity index (χ0) is 28.2. The summed E-state index contributed by atoms with van der Waals surface area (Å²) in [4.78, 5) is 4.86. The molecule has 3 atom stereocenters. The third-order valence-electron chi connectivity index (χ3n) is 6.69. The van der Waals surface area contributed by atoms with E-state index in [2.05, 4.69) is 98.4 Å². The van der Waals surface area contributed by atoms with Crippen molar-refractivity contribution in [1.82, 2.24) is 20.4 Å². The van der Waals surface area contributed by atoms with E-state index in [4.69, 9.17) is 19.0 Å². The molecule has 0 aliphatic rings. The highest BCUT2D eigenvalue weighted by Gasteiger charge is 2.53. The van der Waals surface area contributed by atoms with Gasteiger partial charge in [-0.1, -0.05) is 36.0 Å². The molecule has 0 amide bonds. The Balaban J connectivity index is 3.57. The molecule has 3 unspecified atom stereocenters. The Bertz CT molecular complexity index is 713. The molecule has 0 heterocycles. The summed E-state index contributed by atoms with van der Waals surface area (Å²) in [5.41, 5.74) is 10.4. The maximum atomic E-state index is 6.59. The summed E-state index contributed by atoms with van der Waals surface area (Å²) in [6.45, 7) is 11.4. The Morgan fingerprint density at radius 2 is 1.61 bits per heavy atom. The van der Waals surface area contributed by atoms with Gasteiger partial charge in [0.1, 0.15) is 0 Å². The number of nitrogens with one attached hydrogen (secondary N) is 2. The van der Waals surface area contributed by atoms with E-state index in [1.807, 2.05) is 7.05 Å². The van der Waals surface area contributed by atoms with Gasteiger partial charge in [0, 0.05) is 26.4 Å². The lowest BCUT2D eigenvalue weighted by atomic mass is 10.1. The van der Waals surface area contributed by atoms with Crippen LogP contribution in [0.1, 0.15) is 52.0 Å². The number of nitrogens with zero attached hydrogens (tertiary/aromatic N) is 2. The monoisotopic (exact) mass is 567 g/mol. The summed E-state index contributed by atoms with van der Waals surface area (Å²) in [5.74, 6) is 0. The average Bonchev–Trinajstić information content (AvgIpc) is 2.90. The van der Waals surface area contributed by atoms with E-state index in [1.54, 1.807) is 0 Å². The smallest absolute Gasteiger partial charge is 0.373 e. The molecule has 0 spiro atoms. The summed E-state index contributed by atoms with van der Waals surface area (Å²) in [5, 5.41) is 6.96. The molecule has 1 aromatic rings. The van der Waals surface area contributed by atoms with E-state index in [0.29, 0.717) is 31.9 Å². The molecule has 8 nitrogen and oxygen atoms in total. The summed E-state index contributed by atoms with van der Waals surface area (Å²) in [6, 6.07) is 10.7. The predicted molar refractivity (Wildman–Crippen MR) is 166 cm³/mol. The van der Waals surface area contributed by atoms with Crippen LogP contribution in [0.5, 0.6) is 0 Å². The van der Waals surface area contributed by atoms with Crippen LogP contribution in [-0.4, -0.2) is 119 Å². The zero-order valence-corrected chi connectivity index (χ0v) is 27.4. The molecule has 0 fully saturated rings. The fraction of sp³-hybridized carbons (Fsp3) is 0.750. The second-order valence-electron chi connectivity index (χ2n) is 9.85. The van der Waals surface area contributed by atoms with Crippen LogP contribution < -0.4 is 16.4 Å². The highest BCUT2D eigenvalue weighted by Crippen LogP contribution is 2.30. The maximum Gasteiger partial charge on any atom is 0.519 e. The van der Waals surface area contributed by atoms with Gasteiger partial charge >= 0.3 is 8.80 Å². The lowest BCUT2D eigenvalue weighted by Gasteiger charge is -2.45. The first-order chi connectivity index (χ1) is 18.4. The molecule has 0 saturated heterocycles. The van der Waals surface area contributed by atoms with E-state index in [9.17, 15) is 0 Å². The van der Waals surface area contributed by atoms with E-state index >= 15 is 0 Å². The lowest BCUT2D eigenvalue weighted by Crippen LogP contribution is -2.67. The number of rotatable bonds is 23. The van der Waals surface area contributed by atoms with Crippen LogP contribution in [-0.2, 0) is 13.3 Å². The van der Waals surface area contributed by atoms with Crippen LogP contribution in [0.3, 0.4) is 0 Å². The molecule has 10 heteroatoms. The quantitative estimate of drug-likeness (QED) is 0.137. The van der Waals surface area contributed by atoms with Crippen LogP contribution in [0.15, 0.2) is 30.3 Å². The van der Waals surface area contributed by atoms with Crippen molar-refractivity contribution < 1.29 is 13.3 Å². The van der Waals surface area contributed by atoms with Gasteiger partial charge in [-0.25, -0.2) is 0 Å². The molecule has 4 N–H and O–H groups in total. The second kappa shape index (κ2) is 21.0. The van der Waals surface area contributed by atoms with Gasteiger partial charge in [0.05, 0.1) is 11.8 Å². The van der Waals surface area contributed by atoms with Crippen molar-refractivity contribution in [3.8, 4) is 0 Å². The topological polar surface area (TPSA) is 84.2 Å². The Hall–Kier alpha value is -0.796. The van der Waals surface area contributed by atoms with Crippen LogP contribution in [0, 0.1) is 0 Å². The number of hydrogen-bond acceptors (Lipinski definition) is 8. The normalized spacial score (nSPS) is 15.0. The molecular weight excluding hydrogens is 511 g/mol. The van der Waals surface area contributed by atoms with Gasteiger partial charge in [0.25, 0.3) is 0 Å². The van der Waals surface area contributed by atoms with Crippen molar-refractivity contribution >= 4 is 23.6 Å². The van der Waals surface area contributed by atoms with Gasteiger partial charge in [-0.2, -0.15) is 0 Å². The fourth-order valence-corrected chi connectivity index (χ4v) is 10.1. The summed E-state index contributed by atoms with van der Waals surface area (Å²) < 4.78 is 19.8. The van der Waals surface area contributed by atoms with Crippen molar-refractivity contribution in [3.63, 3.8) is 0 Å². The molecule has 1 aromatic carbocycles. The molecular formula is C28H57N5O3Si2. The molecule has 1 rings (SSSR count). The molecule has 220 valence electrons. The van der Waals surface area contributed by atoms with E-state index in [1.165, 1.54) is 5.56 Å². The van der Waals surface area contributed by atoms with Crippen molar-refractivity contribution in [2.45, 2.75) is 63.8 Å². The summed E-state index contributed by atoms with van der Waals surface area (Å²) in [7, 11) is 5.33. The van der Waals surface area contributed by atoms with Gasteiger partial charge in [-0.15, -0.1) is 0 Å². The highest BCUT2D eigenvalue weighted by molar-refractivity contribution is 6.62. The summed E-state index contributed by atoms with van der Waals surface area (Å²) in [6.07, 6.45) is 4.14. The first-order valence-electron chi connectivity index (χ1n) is 14.5. The summed E-state index contributed by atoms with van der Waals surface area (Å²) >= 11 is 0. The maximum absolute atomic E-state index is 6.59. The minimum atomic E-state index is -3.07. The first-order valence-corrected chi connectivity index (χ1v) is 17.6. The van der Waals surface area contributed by atoms with Crippen LogP contribution in [0.25, 0.3) is 0 Å². The lowest BCUT2D eigenvalue weighted by molar-refractivity contribution is 0.0151. The van der Waals surface area contributed by atoms with Crippen molar-refractivity contribution in [2.75, 3.05) is 74.2 Å². The minimum Gasteiger partial charge on any atom is -0.373 e. The minimum absolute atomic E-state index is 0.0343. The van der Waals surface area contributed by atoms with E-state index in [-0.39, 0.29) is 21.0 Å². The molecule has 0 aliphatic carbocycles. The Morgan fingerprint density at radius 1 is 0.974 bits per heavy atom. The Labute approximate surface area is 236 Å². The predicted octanol–water partition coefficient (Wildman–Crippen LogP) is 2.17. The van der Waals surface area contributed by atoms with Gasteiger partial charge in [0.15, 0.2) is 0 Å². The van der Waals surface area contributed by atoms with Crippen LogP contribution >= 0.6 is 0 Å². The number of hydrogen-bond donors (Lipinski definition) is 3. The number of benzene rings is 1. The standard InChI is InChI=1S/C28H57N5O3Si2/c1-8-34-38(35-9-2,36-10-3)28(23-26(17-19-29)37-24-25-15-12-11-13-16-25)33(22-14-21-32(6)7)27(31-5)18-20-30-4/h11-13,15-16,24,26-28,30-31,37H,8-10,14,17-23,29H2,1-7H3. The molecule has 0 saturated carbocycles. The Morgan fingerprint density at radius 3 is 2.11 bits per heavy atom. The molecule has 0 bridgehead atoms. The largest absolute Gasteiger partial charge is 0.519 e. The van der Waals surface area contributed by atoms with Crippen molar-refractivity contribution in [1.29, 1.82) is 0 Å². The van der Waals surface area contributed by atoms with Crippen LogP contribution in [0.2, 0.25) is 5.54 Å². The van der Waals surface area contributed by atoms with Gasteiger partial charge in [0.2, 0.25) is 0 Å². The molecule has 0 radical (unpaired) electrons. The SMILES string of the molecule is CCO[Si](OCC)(OCC)C(CC(CCN)[SiH]=Cc1ccccc1)N(CCCN(C)C)C(CCNC)NC. The molecule has 0 aromatic heterocycles. The first kappa shape index (κ1) is 35.2. The third-order valence-corrected chi connectivity index (χ3v) is 11.9. The van der Waals surface area contributed by atoms with Gasteiger partial charge in [-0.05, 0) is 115 Å². The van der Waals surface area contributed by atoms with Crippen LogP contribution in [0.4, 0.5) is 0 Å².